The van der Waals surface area contributed by atoms with Crippen molar-refractivity contribution in [3.8, 4) is 5.69 Å². The number of nitrogens with zero attached hydrogens (tertiary/aromatic N) is 5. The number of pyridine rings is 1. The summed E-state index contributed by atoms with van der Waals surface area (Å²) in [7, 11) is 0. The van der Waals surface area contributed by atoms with Crippen molar-refractivity contribution in [1.82, 2.24) is 19.7 Å². The average molecular weight is 420 g/mol. The fourth-order valence-corrected chi connectivity index (χ4v) is 3.45. The van der Waals surface area contributed by atoms with Crippen LogP contribution in [0.2, 0.25) is 0 Å². The minimum Gasteiger partial charge on any atom is -0.358 e. The molecule has 2 aliphatic rings. The van der Waals surface area contributed by atoms with Crippen LogP contribution in [0.1, 0.15) is 0 Å². The lowest BCUT2D eigenvalue weighted by Crippen LogP contribution is -2.56. The van der Waals surface area contributed by atoms with Crippen LogP contribution in [0.3, 0.4) is 0 Å². The topological polar surface area (TPSA) is 66.3 Å². The molecule has 11 heteroatoms. The van der Waals surface area contributed by atoms with E-state index in [4.69, 9.17) is 0 Å². The van der Waals surface area contributed by atoms with Crippen LogP contribution >= 0.6 is 0 Å². The van der Waals surface area contributed by atoms with E-state index in [-0.39, 0.29) is 31.9 Å². The number of aromatic nitrogens is 3. The second-order valence-electron chi connectivity index (χ2n) is 7.49. The van der Waals surface area contributed by atoms with E-state index >= 15 is 0 Å². The van der Waals surface area contributed by atoms with Gasteiger partial charge < -0.3 is 15.1 Å². The van der Waals surface area contributed by atoms with Crippen molar-refractivity contribution in [3.63, 3.8) is 0 Å². The van der Waals surface area contributed by atoms with E-state index in [9.17, 15) is 22.4 Å². The van der Waals surface area contributed by atoms with Gasteiger partial charge in [-0.2, -0.15) is 0 Å². The number of urea groups is 1. The molecule has 0 unspecified atom stereocenters. The number of carbonyl (C=O) groups is 1. The second kappa shape index (κ2) is 6.57. The van der Waals surface area contributed by atoms with Gasteiger partial charge in [-0.15, -0.1) is 5.10 Å². The Morgan fingerprint density at radius 3 is 2.67 bits per heavy atom. The van der Waals surface area contributed by atoms with Crippen LogP contribution in [-0.2, 0) is 0 Å². The normalized spacial score (nSPS) is 18.3. The first-order valence-electron chi connectivity index (χ1n) is 9.25. The monoisotopic (exact) mass is 420 g/mol. The number of rotatable bonds is 3. The first kappa shape index (κ1) is 18.6. The highest BCUT2D eigenvalue weighted by atomic mass is 19.3. The van der Waals surface area contributed by atoms with Crippen LogP contribution in [0, 0.1) is 5.82 Å². The number of nitrogens with one attached hydrogen (secondary N) is 1. The molecule has 2 saturated heterocycles. The average Bonchev–Trinajstić information content (AvgIpc) is 3.07. The Morgan fingerprint density at radius 1 is 1.20 bits per heavy atom. The Kier molecular flexibility index (Phi) is 4.09. The first-order chi connectivity index (χ1) is 14.3. The Hall–Kier alpha value is -3.37. The van der Waals surface area contributed by atoms with Gasteiger partial charge in [-0.1, -0.05) is 0 Å². The minimum atomic E-state index is -2.70. The van der Waals surface area contributed by atoms with Crippen molar-refractivity contribution in [1.29, 1.82) is 0 Å². The molecule has 2 aliphatic heterocycles. The molecule has 0 radical (unpaired) electrons. The molecule has 7 nitrogen and oxygen atoms in total. The van der Waals surface area contributed by atoms with Gasteiger partial charge in [0.05, 0.1) is 38.1 Å². The Bertz CT molecular complexity index is 1140. The van der Waals surface area contributed by atoms with E-state index in [1.165, 1.54) is 45.1 Å². The van der Waals surface area contributed by atoms with Gasteiger partial charge in [0, 0.05) is 17.3 Å². The number of fused-ring (bicyclic) bond motifs is 1. The molecule has 1 N–H and O–H groups in total. The summed E-state index contributed by atoms with van der Waals surface area (Å²) in [6, 6.07) is 5.19. The van der Waals surface area contributed by atoms with Crippen LogP contribution in [0.15, 0.2) is 36.7 Å². The van der Waals surface area contributed by atoms with E-state index in [1.54, 1.807) is 6.07 Å². The Labute approximate surface area is 167 Å². The van der Waals surface area contributed by atoms with E-state index in [2.05, 4.69) is 15.4 Å². The van der Waals surface area contributed by atoms with Crippen molar-refractivity contribution in [2.24, 2.45) is 0 Å². The number of amides is 2. The summed E-state index contributed by atoms with van der Waals surface area (Å²) in [6.45, 7) is -0.682. The van der Waals surface area contributed by atoms with E-state index < -0.39 is 23.9 Å². The number of benzene rings is 1. The molecule has 4 heterocycles. The van der Waals surface area contributed by atoms with Crippen LogP contribution in [0.4, 0.5) is 33.7 Å². The number of likely N-dealkylation sites (tertiary alicyclic amines) is 1. The summed E-state index contributed by atoms with van der Waals surface area (Å²) in [5, 5.41) is 7.40. The lowest BCUT2D eigenvalue weighted by Gasteiger charge is -2.40. The maximum atomic E-state index is 14.4. The van der Waals surface area contributed by atoms with Gasteiger partial charge >= 0.3 is 6.03 Å². The molecular weight excluding hydrogens is 404 g/mol. The predicted molar refractivity (Wildman–Crippen MR) is 101 cm³/mol. The Balaban J connectivity index is 1.39. The van der Waals surface area contributed by atoms with Crippen molar-refractivity contribution < 1.29 is 22.4 Å². The maximum absolute atomic E-state index is 14.4. The fourth-order valence-electron chi connectivity index (χ4n) is 3.45. The standard InChI is InChI=1S/C19H16F4N6O/c20-12-7-27(8-12)18(30)25-13-1-2-15(21)16(4-13)29-6-11-3-14(5-24-17(11)26-29)28-9-19(22,23)10-28/h1-6,12H,7-10H2,(H,25,30). The van der Waals surface area contributed by atoms with Gasteiger partial charge in [-0.25, -0.2) is 32.0 Å². The summed E-state index contributed by atoms with van der Waals surface area (Å²) >= 11 is 0. The smallest absolute Gasteiger partial charge is 0.322 e. The molecule has 1 aromatic carbocycles. The van der Waals surface area contributed by atoms with Gasteiger partial charge in [-0.05, 0) is 24.3 Å². The highest BCUT2D eigenvalue weighted by molar-refractivity contribution is 5.90. The third-order valence-electron chi connectivity index (χ3n) is 5.12. The molecule has 0 atom stereocenters. The molecule has 5 rings (SSSR count). The number of hydrogen-bond donors (Lipinski definition) is 1. The van der Waals surface area contributed by atoms with Crippen molar-refractivity contribution in [3.05, 3.63) is 42.5 Å². The van der Waals surface area contributed by atoms with Crippen molar-refractivity contribution in [2.45, 2.75) is 12.1 Å². The molecule has 156 valence electrons. The van der Waals surface area contributed by atoms with Gasteiger partial charge in [-0.3, -0.25) is 0 Å². The molecule has 0 saturated carbocycles. The number of alkyl halides is 3. The fraction of sp³-hybridized carbons (Fsp3) is 0.316. The molecule has 0 aliphatic carbocycles. The Morgan fingerprint density at radius 2 is 1.97 bits per heavy atom. The summed E-state index contributed by atoms with van der Waals surface area (Å²) in [6.07, 6.45) is 1.97. The van der Waals surface area contributed by atoms with Gasteiger partial charge in [0.1, 0.15) is 17.7 Å². The molecule has 30 heavy (non-hydrogen) atoms. The van der Waals surface area contributed by atoms with Crippen LogP contribution in [0.25, 0.3) is 16.7 Å². The highest BCUT2D eigenvalue weighted by Gasteiger charge is 2.44. The zero-order valence-corrected chi connectivity index (χ0v) is 15.5. The van der Waals surface area contributed by atoms with Crippen molar-refractivity contribution in [2.75, 3.05) is 36.4 Å². The molecule has 0 spiro atoms. The number of anilines is 2. The lowest BCUT2D eigenvalue weighted by molar-refractivity contribution is -0.0262. The van der Waals surface area contributed by atoms with Crippen LogP contribution in [0.5, 0.6) is 0 Å². The molecule has 3 aromatic rings. The third-order valence-corrected chi connectivity index (χ3v) is 5.12. The quantitative estimate of drug-likeness (QED) is 0.661. The number of hydrogen-bond acceptors (Lipinski definition) is 4. The summed E-state index contributed by atoms with van der Waals surface area (Å²) in [5.74, 6) is -3.27. The van der Waals surface area contributed by atoms with E-state index in [1.807, 2.05) is 0 Å². The lowest BCUT2D eigenvalue weighted by atomic mass is 10.1. The zero-order chi connectivity index (χ0) is 21.0. The number of carbonyl (C=O) groups excluding carboxylic acids is 1. The summed E-state index contributed by atoms with van der Waals surface area (Å²) in [4.78, 5) is 19.0. The second-order valence-corrected chi connectivity index (χ2v) is 7.49. The van der Waals surface area contributed by atoms with Crippen LogP contribution < -0.4 is 10.2 Å². The van der Waals surface area contributed by atoms with E-state index in [0.717, 1.165) is 0 Å². The minimum absolute atomic E-state index is 0.0292. The zero-order valence-electron chi connectivity index (χ0n) is 15.5. The molecule has 2 aromatic heterocycles. The van der Waals surface area contributed by atoms with Gasteiger partial charge in [0.2, 0.25) is 0 Å². The van der Waals surface area contributed by atoms with Crippen molar-refractivity contribution >= 4 is 28.4 Å². The largest absolute Gasteiger partial charge is 0.358 e. The first-order valence-corrected chi connectivity index (χ1v) is 9.25. The molecular formula is C19H16F4N6O. The van der Waals surface area contributed by atoms with Gasteiger partial charge in [0.25, 0.3) is 5.92 Å². The third kappa shape index (κ3) is 3.29. The SMILES string of the molecule is O=C(Nc1ccc(F)c(-n2cc3cc(N4CC(F)(F)C4)cnc3n2)c1)N1CC(F)C1. The van der Waals surface area contributed by atoms with Gasteiger partial charge in [0.15, 0.2) is 5.65 Å². The predicted octanol–water partition coefficient (Wildman–Crippen LogP) is 3.20. The molecule has 0 bridgehead atoms. The van der Waals surface area contributed by atoms with Crippen LogP contribution in [-0.4, -0.2) is 64.0 Å². The summed E-state index contributed by atoms with van der Waals surface area (Å²) < 4.78 is 54.8. The van der Waals surface area contributed by atoms with E-state index in [0.29, 0.717) is 22.4 Å². The molecule has 2 fully saturated rings. The maximum Gasteiger partial charge on any atom is 0.322 e. The highest BCUT2D eigenvalue weighted by Crippen LogP contribution is 2.32. The number of halogens is 4. The summed E-state index contributed by atoms with van der Waals surface area (Å²) in [5.41, 5.74) is 1.27. The molecule has 2 amide bonds.